The Bertz CT molecular complexity index is 916. The van der Waals surface area contributed by atoms with Gasteiger partial charge in [-0.1, -0.05) is 18.7 Å². The Morgan fingerprint density at radius 2 is 1.97 bits per heavy atom. The van der Waals surface area contributed by atoms with Crippen molar-refractivity contribution in [2.75, 3.05) is 31.8 Å². The Kier molecular flexibility index (Phi) is 7.06. The molecule has 1 aliphatic rings. The van der Waals surface area contributed by atoms with Gasteiger partial charge >= 0.3 is 0 Å². The molecule has 0 unspecified atom stereocenters. The summed E-state index contributed by atoms with van der Waals surface area (Å²) in [7, 11) is 5.42. The zero-order valence-electron chi connectivity index (χ0n) is 17.9. The molecule has 2 aromatic rings. The summed E-state index contributed by atoms with van der Waals surface area (Å²) in [5.74, 6) is 2.79. The number of allylic oxidation sites excluding steroid dienone is 2. The Labute approximate surface area is 178 Å². The molecular weight excluding hydrogens is 376 g/mol. The minimum absolute atomic E-state index is 0.130. The van der Waals surface area contributed by atoms with E-state index in [-0.39, 0.29) is 5.91 Å². The first-order valence-corrected chi connectivity index (χ1v) is 10.2. The van der Waals surface area contributed by atoms with E-state index in [1.54, 1.807) is 25.2 Å². The third-order valence-electron chi connectivity index (χ3n) is 4.96. The number of aryl methyl sites for hydroxylation is 1. The van der Waals surface area contributed by atoms with Gasteiger partial charge in [0.15, 0.2) is 0 Å². The van der Waals surface area contributed by atoms with E-state index in [4.69, 9.17) is 0 Å². The summed E-state index contributed by atoms with van der Waals surface area (Å²) in [4.78, 5) is 22.2. The number of carbonyl (C=O) groups is 1. The molecule has 3 rings (SSSR count). The van der Waals surface area contributed by atoms with Crippen molar-refractivity contribution in [1.29, 1.82) is 0 Å². The topological polar surface area (TPSA) is 82.2 Å². The van der Waals surface area contributed by atoms with Crippen molar-refractivity contribution in [1.82, 2.24) is 20.2 Å². The summed E-state index contributed by atoms with van der Waals surface area (Å²) in [6, 6.07) is 9.79. The van der Waals surface area contributed by atoms with E-state index >= 15 is 0 Å². The summed E-state index contributed by atoms with van der Waals surface area (Å²) in [6.45, 7) is 4.14. The van der Waals surface area contributed by atoms with Crippen molar-refractivity contribution in [3.63, 3.8) is 0 Å². The molecule has 7 nitrogen and oxygen atoms in total. The molecular formula is C23H30N6O. The van der Waals surface area contributed by atoms with Crippen LogP contribution in [0.3, 0.4) is 0 Å². The minimum Gasteiger partial charge on any atom is -0.375 e. The van der Waals surface area contributed by atoms with Gasteiger partial charge in [0, 0.05) is 39.4 Å². The molecule has 0 atom stereocenters. The first-order chi connectivity index (χ1) is 14.4. The van der Waals surface area contributed by atoms with E-state index in [1.807, 2.05) is 43.5 Å². The fourth-order valence-corrected chi connectivity index (χ4v) is 2.91. The van der Waals surface area contributed by atoms with E-state index in [1.165, 1.54) is 12.8 Å². The smallest absolute Gasteiger partial charge is 0.229 e. The van der Waals surface area contributed by atoms with Crippen molar-refractivity contribution in [2.45, 2.75) is 25.7 Å². The highest BCUT2D eigenvalue weighted by Gasteiger charge is 2.23. The van der Waals surface area contributed by atoms with Crippen LogP contribution in [0.1, 0.15) is 24.8 Å². The second kappa shape index (κ2) is 9.91. The lowest BCUT2D eigenvalue weighted by atomic mass is 10.1. The van der Waals surface area contributed by atoms with Gasteiger partial charge in [-0.15, -0.1) is 0 Å². The van der Waals surface area contributed by atoms with Gasteiger partial charge in [0.1, 0.15) is 11.6 Å². The lowest BCUT2D eigenvalue weighted by molar-refractivity contribution is -0.128. The molecule has 1 heterocycles. The number of nitrogens with one attached hydrogen (secondary N) is 3. The number of carbonyl (C=O) groups excluding carboxylic acids is 1. The van der Waals surface area contributed by atoms with Gasteiger partial charge in [-0.2, -0.15) is 4.98 Å². The fraction of sp³-hybridized carbons (Fsp3) is 0.348. The third-order valence-corrected chi connectivity index (χ3v) is 4.96. The lowest BCUT2D eigenvalue weighted by Gasteiger charge is -2.12. The molecule has 30 heavy (non-hydrogen) atoms. The van der Waals surface area contributed by atoms with Crippen LogP contribution >= 0.6 is 0 Å². The van der Waals surface area contributed by atoms with Gasteiger partial charge < -0.3 is 20.9 Å². The Balaban J connectivity index is 1.59. The molecule has 1 saturated carbocycles. The van der Waals surface area contributed by atoms with E-state index in [9.17, 15) is 4.79 Å². The molecule has 158 valence electrons. The van der Waals surface area contributed by atoms with Crippen molar-refractivity contribution < 1.29 is 4.79 Å². The summed E-state index contributed by atoms with van der Waals surface area (Å²) < 4.78 is 0. The Morgan fingerprint density at radius 1 is 1.23 bits per heavy atom. The number of hydrogen-bond acceptors (Lipinski definition) is 6. The van der Waals surface area contributed by atoms with Crippen LogP contribution in [0.15, 0.2) is 60.6 Å². The highest BCUT2D eigenvalue weighted by Crippen LogP contribution is 2.36. The van der Waals surface area contributed by atoms with Gasteiger partial charge in [-0.25, -0.2) is 4.98 Å². The highest BCUT2D eigenvalue weighted by molar-refractivity contribution is 5.75. The molecule has 0 saturated heterocycles. The number of anilines is 3. The molecule has 3 N–H and O–H groups in total. The van der Waals surface area contributed by atoms with Gasteiger partial charge in [0.2, 0.25) is 11.9 Å². The van der Waals surface area contributed by atoms with Gasteiger partial charge in [0.05, 0.1) is 0 Å². The van der Waals surface area contributed by atoms with Crippen LogP contribution in [0.5, 0.6) is 0 Å². The predicted octanol–water partition coefficient (Wildman–Crippen LogP) is 3.68. The van der Waals surface area contributed by atoms with Gasteiger partial charge in [-0.05, 0) is 60.6 Å². The molecule has 7 heteroatoms. The molecule has 1 aromatic carbocycles. The molecule has 1 amide bonds. The summed E-state index contributed by atoms with van der Waals surface area (Å²) >= 11 is 0. The van der Waals surface area contributed by atoms with Crippen molar-refractivity contribution in [2.24, 2.45) is 5.92 Å². The van der Waals surface area contributed by atoms with Gasteiger partial charge in [-0.3, -0.25) is 4.79 Å². The number of benzene rings is 1. The average molecular weight is 407 g/mol. The van der Waals surface area contributed by atoms with E-state index < -0.39 is 0 Å². The van der Waals surface area contributed by atoms with Crippen LogP contribution in [0.25, 0.3) is 0 Å². The van der Waals surface area contributed by atoms with Crippen LogP contribution < -0.4 is 16.0 Å². The quantitative estimate of drug-likeness (QED) is 0.522. The SMILES string of the molecule is C=C(/C=C(\NC)Nc1ccnc(Nc2ccc(CCC(=O)N(C)C)cc2)n1)C1CC1. The number of rotatable bonds is 10. The number of aromatic nitrogens is 2. The number of nitrogens with zero attached hydrogens (tertiary/aromatic N) is 3. The fourth-order valence-electron chi connectivity index (χ4n) is 2.91. The predicted molar refractivity (Wildman–Crippen MR) is 121 cm³/mol. The van der Waals surface area contributed by atoms with Crippen molar-refractivity contribution in [3.8, 4) is 0 Å². The van der Waals surface area contributed by atoms with E-state index in [0.29, 0.717) is 24.1 Å². The lowest BCUT2D eigenvalue weighted by Crippen LogP contribution is -2.21. The summed E-state index contributed by atoms with van der Waals surface area (Å²) in [6.07, 6.45) is 7.41. The third kappa shape index (κ3) is 6.34. The highest BCUT2D eigenvalue weighted by atomic mass is 16.2. The first kappa shape index (κ1) is 21.4. The summed E-state index contributed by atoms with van der Waals surface area (Å²) in [5.41, 5.74) is 3.14. The zero-order valence-corrected chi connectivity index (χ0v) is 17.9. The second-order valence-corrected chi connectivity index (χ2v) is 7.66. The largest absolute Gasteiger partial charge is 0.375 e. The maximum absolute atomic E-state index is 11.7. The van der Waals surface area contributed by atoms with E-state index in [0.717, 1.165) is 29.1 Å². The van der Waals surface area contributed by atoms with Crippen LogP contribution in [-0.4, -0.2) is 41.9 Å². The second-order valence-electron chi connectivity index (χ2n) is 7.66. The normalized spacial score (nSPS) is 13.5. The Hall–Kier alpha value is -3.35. The van der Waals surface area contributed by atoms with Crippen molar-refractivity contribution >= 4 is 23.4 Å². The molecule has 0 bridgehead atoms. The Morgan fingerprint density at radius 3 is 2.60 bits per heavy atom. The van der Waals surface area contributed by atoms with Crippen LogP contribution in [0.2, 0.25) is 0 Å². The first-order valence-electron chi connectivity index (χ1n) is 10.2. The molecule has 0 radical (unpaired) electrons. The standard InChI is InChI=1S/C23H30N6O/c1-16(18-8-9-18)15-21(24-2)27-20-13-14-25-23(28-20)26-19-10-5-17(6-11-19)7-12-22(30)29(3)4/h5-6,10-11,13-15,18,24H,1,7-9,12H2,2-4H3,(H2,25,26,27,28)/b21-15+. The maximum Gasteiger partial charge on any atom is 0.229 e. The molecule has 1 aromatic heterocycles. The molecule has 0 aliphatic heterocycles. The minimum atomic E-state index is 0.130. The van der Waals surface area contributed by atoms with E-state index in [2.05, 4.69) is 32.5 Å². The monoisotopic (exact) mass is 406 g/mol. The number of amides is 1. The van der Waals surface area contributed by atoms with Gasteiger partial charge in [0.25, 0.3) is 0 Å². The van der Waals surface area contributed by atoms with Crippen LogP contribution in [-0.2, 0) is 11.2 Å². The average Bonchev–Trinajstić information content (AvgIpc) is 3.58. The molecule has 1 fully saturated rings. The molecule has 0 spiro atoms. The number of hydrogen-bond donors (Lipinski definition) is 3. The van der Waals surface area contributed by atoms with Crippen LogP contribution in [0, 0.1) is 5.92 Å². The molecule has 1 aliphatic carbocycles. The van der Waals surface area contributed by atoms with Crippen LogP contribution in [0.4, 0.5) is 17.5 Å². The summed E-state index contributed by atoms with van der Waals surface area (Å²) in [5, 5.41) is 9.64. The maximum atomic E-state index is 11.7. The zero-order chi connectivity index (χ0) is 21.5. The van der Waals surface area contributed by atoms with Crippen molar-refractivity contribution in [3.05, 3.63) is 66.1 Å².